The van der Waals surface area contributed by atoms with Crippen LogP contribution in [-0.4, -0.2) is 45.1 Å². The normalized spacial score (nSPS) is 11.9. The van der Waals surface area contributed by atoms with Crippen molar-refractivity contribution in [1.82, 2.24) is 10.6 Å². The lowest BCUT2D eigenvalue weighted by molar-refractivity contribution is -0.114. The lowest BCUT2D eigenvalue weighted by atomic mass is 10.1. The number of carbonyl (C=O) groups excluding carboxylic acids is 1. The smallest absolute Gasteiger partial charge is 0.275 e. The van der Waals surface area contributed by atoms with Gasteiger partial charge in [0.2, 0.25) is 0 Å². The summed E-state index contributed by atoms with van der Waals surface area (Å²) in [6.45, 7) is 7.67. The quantitative estimate of drug-likeness (QED) is 0.330. The molecule has 0 unspecified atom stereocenters. The average molecular weight is 457 g/mol. The summed E-state index contributed by atoms with van der Waals surface area (Å²) in [6.07, 6.45) is 1.36. The Hall–Kier alpha value is -2.06. The molecule has 0 fully saturated rings. The van der Waals surface area contributed by atoms with Gasteiger partial charge in [0.25, 0.3) is 5.91 Å². The number of hydrogen-bond donors (Lipinski definition) is 3. The molecule has 0 saturated heterocycles. The Morgan fingerprint density at radius 1 is 1.17 bits per heavy atom. The van der Waals surface area contributed by atoms with Gasteiger partial charge in [0.05, 0.1) is 36.4 Å². The van der Waals surface area contributed by atoms with Crippen LogP contribution in [0.25, 0.3) is 0 Å². The summed E-state index contributed by atoms with van der Waals surface area (Å²) in [7, 11) is 1.61. The Labute approximate surface area is 188 Å². The van der Waals surface area contributed by atoms with Crippen LogP contribution in [0.5, 0.6) is 0 Å². The minimum atomic E-state index is -0.357. The molecule has 0 spiro atoms. The first-order valence-electron chi connectivity index (χ1n) is 9.46. The molecule has 166 valence electrons. The predicted molar refractivity (Wildman–Crippen MR) is 123 cm³/mol. The monoisotopic (exact) mass is 456 g/mol. The van der Waals surface area contributed by atoms with Crippen molar-refractivity contribution in [1.29, 1.82) is 0 Å². The van der Waals surface area contributed by atoms with E-state index < -0.39 is 0 Å². The highest BCUT2D eigenvalue weighted by atomic mass is 35.5. The molecule has 0 aliphatic rings. The largest absolute Gasteiger partial charge is 0.404 e. The van der Waals surface area contributed by atoms with Crippen LogP contribution < -0.4 is 16.4 Å². The highest BCUT2D eigenvalue weighted by Gasteiger charge is 2.15. The number of carbonyl (C=O) groups is 1. The number of hydrogen-bond acceptors (Lipinski definition) is 6. The number of nitrogens with zero attached hydrogens (tertiary/aromatic N) is 1. The minimum absolute atomic E-state index is 0.253. The van der Waals surface area contributed by atoms with Gasteiger partial charge in [-0.1, -0.05) is 29.3 Å². The zero-order valence-electron chi connectivity index (χ0n) is 17.9. The van der Waals surface area contributed by atoms with Gasteiger partial charge in [0, 0.05) is 13.7 Å². The average Bonchev–Trinajstić information content (AvgIpc) is 2.72. The molecule has 4 N–H and O–H groups in total. The van der Waals surface area contributed by atoms with Gasteiger partial charge in [-0.2, -0.15) is 0 Å². The maximum Gasteiger partial charge on any atom is 0.275 e. The summed E-state index contributed by atoms with van der Waals surface area (Å²) in [6, 6.07) is 5.37. The number of nitrogens with two attached hydrogens (primary N) is 1. The molecule has 9 heteroatoms. The molecule has 0 aliphatic carbocycles. The number of aliphatic imine (C=N–C) groups is 1. The first-order chi connectivity index (χ1) is 14.3. The summed E-state index contributed by atoms with van der Waals surface area (Å²) in [4.78, 5) is 17.2. The molecule has 0 radical (unpaired) electrons. The maximum absolute atomic E-state index is 12.8. The van der Waals surface area contributed by atoms with Gasteiger partial charge in [0.1, 0.15) is 11.5 Å². The van der Waals surface area contributed by atoms with Crippen LogP contribution in [0.2, 0.25) is 10.0 Å². The van der Waals surface area contributed by atoms with E-state index in [4.69, 9.17) is 38.4 Å². The third-order valence-corrected chi connectivity index (χ3v) is 4.71. The van der Waals surface area contributed by atoms with Gasteiger partial charge in [-0.05, 0) is 55.8 Å². The molecular formula is C21H30Cl2N4O3. The standard InChI is InChI=1S/C21H30Cl2N4O3/c1-14(2)20(26-13-16-5-6-17(22)18(23)11-16)27-21(28)19(15(3)12-24)25-7-8-30-10-9-29-4/h5-6,11-12,26H,7-10,13,24H2,1-4H3,(H,27,28). The fourth-order valence-electron chi connectivity index (χ4n) is 2.28. The van der Waals surface area contributed by atoms with Crippen LogP contribution in [0.3, 0.4) is 0 Å². The van der Waals surface area contributed by atoms with E-state index in [1.165, 1.54) is 6.20 Å². The van der Waals surface area contributed by atoms with Gasteiger partial charge < -0.3 is 25.8 Å². The van der Waals surface area contributed by atoms with Crippen molar-refractivity contribution in [2.75, 3.05) is 33.5 Å². The van der Waals surface area contributed by atoms with Crippen molar-refractivity contribution in [3.05, 3.63) is 57.0 Å². The van der Waals surface area contributed by atoms with Gasteiger partial charge in [-0.15, -0.1) is 0 Å². The minimum Gasteiger partial charge on any atom is -0.404 e. The van der Waals surface area contributed by atoms with Crippen molar-refractivity contribution in [3.8, 4) is 0 Å². The van der Waals surface area contributed by atoms with Crippen molar-refractivity contribution < 1.29 is 14.3 Å². The maximum atomic E-state index is 12.8. The van der Waals surface area contributed by atoms with Crippen molar-refractivity contribution >= 4 is 34.8 Å². The van der Waals surface area contributed by atoms with Crippen LogP contribution in [0.1, 0.15) is 26.3 Å². The third-order valence-electron chi connectivity index (χ3n) is 3.97. The molecule has 0 atom stereocenters. The second kappa shape index (κ2) is 14.0. The molecule has 0 aliphatic heterocycles. The number of benzene rings is 1. The topological polar surface area (TPSA) is 98.0 Å². The van der Waals surface area contributed by atoms with Crippen molar-refractivity contribution in [3.63, 3.8) is 0 Å². The molecular weight excluding hydrogens is 427 g/mol. The number of allylic oxidation sites excluding steroid dienone is 1. The lowest BCUT2D eigenvalue weighted by Gasteiger charge is -2.16. The fourth-order valence-corrected chi connectivity index (χ4v) is 2.60. The number of methoxy groups -OCH3 is 1. The van der Waals surface area contributed by atoms with Gasteiger partial charge in [-0.25, -0.2) is 0 Å². The second-order valence-electron chi connectivity index (χ2n) is 6.62. The van der Waals surface area contributed by atoms with Crippen LogP contribution in [0.4, 0.5) is 0 Å². The molecule has 1 amide bonds. The molecule has 30 heavy (non-hydrogen) atoms. The molecule has 0 saturated carbocycles. The van der Waals surface area contributed by atoms with Crippen molar-refractivity contribution in [2.45, 2.75) is 27.3 Å². The lowest BCUT2D eigenvalue weighted by Crippen LogP contribution is -2.37. The number of ether oxygens (including phenoxy) is 2. The van der Waals surface area contributed by atoms with E-state index >= 15 is 0 Å². The zero-order valence-corrected chi connectivity index (χ0v) is 19.4. The van der Waals surface area contributed by atoms with E-state index in [9.17, 15) is 4.79 Å². The molecule has 1 rings (SSSR count). The van der Waals surface area contributed by atoms with Crippen LogP contribution in [0, 0.1) is 0 Å². The molecule has 0 aromatic heterocycles. The summed E-state index contributed by atoms with van der Waals surface area (Å²) >= 11 is 12.0. The highest BCUT2D eigenvalue weighted by Crippen LogP contribution is 2.22. The van der Waals surface area contributed by atoms with Gasteiger partial charge in [-0.3, -0.25) is 9.79 Å². The van der Waals surface area contributed by atoms with E-state index in [0.29, 0.717) is 54.3 Å². The van der Waals surface area contributed by atoms with Crippen LogP contribution in [0.15, 0.2) is 46.4 Å². The molecule has 0 bridgehead atoms. The summed E-state index contributed by atoms with van der Waals surface area (Å²) in [5.74, 6) is 0.226. The van der Waals surface area contributed by atoms with E-state index in [1.807, 2.05) is 19.9 Å². The number of amides is 1. The predicted octanol–water partition coefficient (Wildman–Crippen LogP) is 3.42. The molecule has 1 aromatic rings. The zero-order chi connectivity index (χ0) is 22.5. The Balaban J connectivity index is 2.79. The molecule has 1 aromatic carbocycles. The summed E-state index contributed by atoms with van der Waals surface area (Å²) in [5, 5.41) is 7.06. The Morgan fingerprint density at radius 2 is 1.90 bits per heavy atom. The van der Waals surface area contributed by atoms with E-state index in [0.717, 1.165) is 11.1 Å². The summed E-state index contributed by atoms with van der Waals surface area (Å²) < 4.78 is 10.3. The van der Waals surface area contributed by atoms with Gasteiger partial charge in [0.15, 0.2) is 0 Å². The molecule has 0 heterocycles. The van der Waals surface area contributed by atoms with E-state index in [-0.39, 0.29) is 11.6 Å². The number of rotatable bonds is 12. The molecule has 7 nitrogen and oxygen atoms in total. The van der Waals surface area contributed by atoms with E-state index in [2.05, 4.69) is 15.6 Å². The van der Waals surface area contributed by atoms with Crippen molar-refractivity contribution in [2.24, 2.45) is 10.7 Å². The number of nitrogens with one attached hydrogen (secondary N) is 2. The van der Waals surface area contributed by atoms with Gasteiger partial charge >= 0.3 is 0 Å². The highest BCUT2D eigenvalue weighted by molar-refractivity contribution is 6.45. The second-order valence-corrected chi connectivity index (χ2v) is 7.43. The Kier molecular flexibility index (Phi) is 12.2. The third kappa shape index (κ3) is 9.17. The first kappa shape index (κ1) is 26.0. The van der Waals surface area contributed by atoms with Crippen LogP contribution >= 0.6 is 23.2 Å². The fraction of sp³-hybridized carbons (Fsp3) is 0.429. The first-order valence-corrected chi connectivity index (χ1v) is 10.2. The Bertz CT molecular complexity index is 803. The Morgan fingerprint density at radius 3 is 2.50 bits per heavy atom. The number of halogens is 2. The van der Waals surface area contributed by atoms with E-state index in [1.54, 1.807) is 26.2 Å². The SMILES string of the molecule is COCCOCCN=C(C(=O)NC(NCc1ccc(Cl)c(Cl)c1)=C(C)C)C(C)=CN. The summed E-state index contributed by atoms with van der Waals surface area (Å²) in [5.41, 5.74) is 8.27. The van der Waals surface area contributed by atoms with Crippen LogP contribution in [-0.2, 0) is 20.8 Å².